The molecule has 2 aromatic rings. The van der Waals surface area contributed by atoms with Crippen molar-refractivity contribution in [2.75, 3.05) is 38.3 Å². The lowest BCUT2D eigenvalue weighted by Crippen LogP contribution is -2.56. The second-order valence-electron chi connectivity index (χ2n) is 7.40. The van der Waals surface area contributed by atoms with E-state index >= 15 is 0 Å². The fourth-order valence-corrected chi connectivity index (χ4v) is 4.26. The summed E-state index contributed by atoms with van der Waals surface area (Å²) < 4.78 is 5.22. The summed E-state index contributed by atoms with van der Waals surface area (Å²) in [6, 6.07) is 18.6. The summed E-state index contributed by atoms with van der Waals surface area (Å²) in [4.78, 5) is 17.4. The van der Waals surface area contributed by atoms with Gasteiger partial charge in [0, 0.05) is 25.3 Å². The van der Waals surface area contributed by atoms with Crippen LogP contribution in [0.2, 0.25) is 0 Å². The number of nitrogens with zero attached hydrogens (tertiary/aromatic N) is 2. The van der Waals surface area contributed by atoms with Crippen molar-refractivity contribution in [2.45, 2.75) is 24.8 Å². The molecule has 0 atom stereocenters. The fourth-order valence-electron chi connectivity index (χ4n) is 4.26. The van der Waals surface area contributed by atoms with Crippen LogP contribution in [0.15, 0.2) is 54.6 Å². The van der Waals surface area contributed by atoms with Crippen molar-refractivity contribution in [3.63, 3.8) is 0 Å². The summed E-state index contributed by atoms with van der Waals surface area (Å²) in [7, 11) is 1.69. The van der Waals surface area contributed by atoms with Crippen molar-refractivity contribution in [1.29, 1.82) is 0 Å². The van der Waals surface area contributed by atoms with E-state index in [-0.39, 0.29) is 5.91 Å². The molecule has 27 heavy (non-hydrogen) atoms. The maximum Gasteiger partial charge on any atom is 0.247 e. The Morgan fingerprint density at radius 1 is 1.04 bits per heavy atom. The zero-order chi connectivity index (χ0) is 18.7. The molecular weight excluding hydrogens is 338 g/mol. The average Bonchev–Trinajstić information content (AvgIpc) is 3.04. The molecule has 0 saturated carbocycles. The van der Waals surface area contributed by atoms with Gasteiger partial charge in [-0.05, 0) is 49.1 Å². The van der Waals surface area contributed by atoms with E-state index in [4.69, 9.17) is 4.74 Å². The van der Waals surface area contributed by atoms with E-state index in [0.717, 1.165) is 50.3 Å². The molecule has 1 amide bonds. The normalized spacial score (nSPS) is 19.3. The van der Waals surface area contributed by atoms with Gasteiger partial charge in [-0.15, -0.1) is 0 Å². The van der Waals surface area contributed by atoms with Crippen LogP contribution in [0.25, 0.3) is 0 Å². The molecule has 0 aromatic heterocycles. The first-order valence-electron chi connectivity index (χ1n) is 9.67. The van der Waals surface area contributed by atoms with E-state index in [2.05, 4.69) is 39.4 Å². The molecule has 2 heterocycles. The lowest BCUT2D eigenvalue weighted by atomic mass is 9.85. The number of ether oxygens (including phenoxy) is 1. The quantitative estimate of drug-likeness (QED) is 0.885. The Morgan fingerprint density at radius 2 is 1.74 bits per heavy atom. The van der Waals surface area contributed by atoms with Crippen molar-refractivity contribution in [3.8, 4) is 5.75 Å². The minimum atomic E-state index is -0.391. The van der Waals surface area contributed by atoms with Crippen LogP contribution in [0.5, 0.6) is 5.75 Å². The van der Waals surface area contributed by atoms with Crippen LogP contribution in [0.3, 0.4) is 0 Å². The SMILES string of the molecule is COc1ccc(CCN2CCC3(CC2)C(=O)NCN3c2ccccc2)cc1. The smallest absolute Gasteiger partial charge is 0.247 e. The number of rotatable bonds is 5. The molecule has 1 spiro atoms. The highest BCUT2D eigenvalue weighted by molar-refractivity contribution is 5.93. The Bertz CT molecular complexity index is 768. The van der Waals surface area contributed by atoms with Crippen molar-refractivity contribution < 1.29 is 9.53 Å². The van der Waals surface area contributed by atoms with Gasteiger partial charge in [0.15, 0.2) is 0 Å². The molecule has 2 aliphatic heterocycles. The van der Waals surface area contributed by atoms with Gasteiger partial charge in [0.05, 0.1) is 13.8 Å². The number of para-hydroxylation sites is 1. The number of methoxy groups -OCH3 is 1. The van der Waals surface area contributed by atoms with Crippen LogP contribution in [0, 0.1) is 0 Å². The molecule has 0 radical (unpaired) electrons. The Kier molecular flexibility index (Phi) is 5.03. The van der Waals surface area contributed by atoms with E-state index < -0.39 is 5.54 Å². The van der Waals surface area contributed by atoms with Crippen LogP contribution in [-0.4, -0.2) is 49.8 Å². The molecule has 5 heteroatoms. The Balaban J connectivity index is 1.37. The summed E-state index contributed by atoms with van der Waals surface area (Å²) >= 11 is 0. The largest absolute Gasteiger partial charge is 0.497 e. The van der Waals surface area contributed by atoms with Crippen LogP contribution < -0.4 is 15.0 Å². The molecule has 0 aliphatic carbocycles. The summed E-state index contributed by atoms with van der Waals surface area (Å²) in [5, 5.41) is 3.07. The Morgan fingerprint density at radius 3 is 2.41 bits per heavy atom. The van der Waals surface area contributed by atoms with Gasteiger partial charge >= 0.3 is 0 Å². The third-order valence-electron chi connectivity index (χ3n) is 5.96. The van der Waals surface area contributed by atoms with Gasteiger partial charge in [0.1, 0.15) is 11.3 Å². The number of carbonyl (C=O) groups excluding carboxylic acids is 1. The van der Waals surface area contributed by atoms with Crippen LogP contribution >= 0.6 is 0 Å². The van der Waals surface area contributed by atoms with Gasteiger partial charge in [-0.3, -0.25) is 4.79 Å². The lowest BCUT2D eigenvalue weighted by molar-refractivity contribution is -0.125. The monoisotopic (exact) mass is 365 g/mol. The summed E-state index contributed by atoms with van der Waals surface area (Å²) in [6.45, 7) is 3.53. The van der Waals surface area contributed by atoms with E-state index in [0.29, 0.717) is 6.67 Å². The maximum atomic E-state index is 12.7. The third-order valence-corrected chi connectivity index (χ3v) is 5.96. The van der Waals surface area contributed by atoms with E-state index in [1.807, 2.05) is 30.3 Å². The standard InChI is InChI=1S/C22H27N3O2/c1-27-20-9-7-18(8-10-20)11-14-24-15-12-22(13-16-24)21(26)23-17-25(22)19-5-3-2-4-6-19/h2-10H,11-17H2,1H3,(H,23,26). The van der Waals surface area contributed by atoms with Crippen molar-refractivity contribution in [2.24, 2.45) is 0 Å². The first-order chi connectivity index (χ1) is 13.2. The molecule has 5 nitrogen and oxygen atoms in total. The molecule has 1 N–H and O–H groups in total. The molecule has 142 valence electrons. The van der Waals surface area contributed by atoms with Crippen molar-refractivity contribution in [3.05, 3.63) is 60.2 Å². The van der Waals surface area contributed by atoms with Gasteiger partial charge in [0.25, 0.3) is 0 Å². The second kappa shape index (κ2) is 7.61. The number of benzene rings is 2. The number of nitrogens with one attached hydrogen (secondary N) is 1. The van der Waals surface area contributed by atoms with E-state index in [1.54, 1.807) is 7.11 Å². The molecule has 0 unspecified atom stereocenters. The van der Waals surface area contributed by atoms with Crippen LogP contribution in [-0.2, 0) is 11.2 Å². The fraction of sp³-hybridized carbons (Fsp3) is 0.409. The number of hydrogen-bond acceptors (Lipinski definition) is 4. The molecule has 2 saturated heterocycles. The highest BCUT2D eigenvalue weighted by atomic mass is 16.5. The van der Waals surface area contributed by atoms with Gasteiger partial charge in [-0.1, -0.05) is 30.3 Å². The van der Waals surface area contributed by atoms with Gasteiger partial charge < -0.3 is 19.9 Å². The molecule has 2 fully saturated rings. The molecule has 4 rings (SSSR count). The number of amides is 1. The average molecular weight is 365 g/mol. The van der Waals surface area contributed by atoms with Crippen molar-refractivity contribution in [1.82, 2.24) is 10.2 Å². The second-order valence-corrected chi connectivity index (χ2v) is 7.40. The molecule has 2 aliphatic rings. The van der Waals surface area contributed by atoms with Gasteiger partial charge in [-0.2, -0.15) is 0 Å². The summed E-state index contributed by atoms with van der Waals surface area (Å²) in [5.41, 5.74) is 2.06. The third kappa shape index (κ3) is 3.52. The zero-order valence-electron chi connectivity index (χ0n) is 15.9. The maximum absolute atomic E-state index is 12.7. The predicted molar refractivity (Wildman–Crippen MR) is 107 cm³/mol. The van der Waals surface area contributed by atoms with Gasteiger partial charge in [-0.25, -0.2) is 0 Å². The number of piperidine rings is 1. The van der Waals surface area contributed by atoms with Crippen LogP contribution in [0.1, 0.15) is 18.4 Å². The molecule has 0 bridgehead atoms. The van der Waals surface area contributed by atoms with Crippen molar-refractivity contribution >= 4 is 11.6 Å². The Hall–Kier alpha value is -2.53. The zero-order valence-corrected chi connectivity index (χ0v) is 15.9. The topological polar surface area (TPSA) is 44.8 Å². The minimum absolute atomic E-state index is 0.182. The number of carbonyl (C=O) groups is 1. The van der Waals surface area contributed by atoms with E-state index in [9.17, 15) is 4.79 Å². The van der Waals surface area contributed by atoms with Crippen LogP contribution in [0.4, 0.5) is 5.69 Å². The van der Waals surface area contributed by atoms with E-state index in [1.165, 1.54) is 5.56 Å². The predicted octanol–water partition coefficient (Wildman–Crippen LogP) is 2.67. The molecule has 2 aromatic carbocycles. The Labute approximate surface area is 160 Å². The van der Waals surface area contributed by atoms with Gasteiger partial charge in [0.2, 0.25) is 5.91 Å². The number of likely N-dealkylation sites (tertiary alicyclic amines) is 1. The highest BCUT2D eigenvalue weighted by Gasteiger charge is 2.50. The minimum Gasteiger partial charge on any atom is -0.497 e. The first-order valence-corrected chi connectivity index (χ1v) is 9.67. The number of anilines is 1. The molecular formula is C22H27N3O2. The summed E-state index contributed by atoms with van der Waals surface area (Å²) in [6.07, 6.45) is 2.76. The number of hydrogen-bond donors (Lipinski definition) is 1. The summed E-state index contributed by atoms with van der Waals surface area (Å²) in [5.74, 6) is 1.08. The lowest BCUT2D eigenvalue weighted by Gasteiger charge is -2.43. The highest BCUT2D eigenvalue weighted by Crippen LogP contribution is 2.36. The first kappa shape index (κ1) is 17.9.